The number of carboxylic acid groups (broad SMARTS) is 2. The zero-order chi connectivity index (χ0) is 40.4. The number of hydrogen-bond acceptors (Lipinski definition) is 11. The summed E-state index contributed by atoms with van der Waals surface area (Å²) in [4.78, 5) is 25.5. The number of allylic oxidation sites excluding steroid dienone is 2. The third-order valence-corrected chi connectivity index (χ3v) is 17.2. The fourth-order valence-corrected chi connectivity index (χ4v) is 13.6. The molecule has 13 nitrogen and oxygen atoms in total. The number of aliphatic hydroxyl groups is 5. The van der Waals surface area contributed by atoms with Crippen molar-refractivity contribution in [3.8, 4) is 0 Å². The number of hydrogen-bond donors (Lipinski definition) is 7. The molecule has 0 radical (unpaired) electrons. The predicted molar refractivity (Wildman–Crippen MR) is 197 cm³/mol. The van der Waals surface area contributed by atoms with E-state index in [9.17, 15) is 45.3 Å². The normalized spacial score (nSPS) is 53.1. The van der Waals surface area contributed by atoms with Gasteiger partial charge in [0.15, 0.2) is 18.7 Å². The van der Waals surface area contributed by atoms with Crippen molar-refractivity contribution in [3.63, 3.8) is 0 Å². The first kappa shape index (κ1) is 41.5. The molecule has 0 amide bonds. The van der Waals surface area contributed by atoms with Crippen LogP contribution in [-0.4, -0.2) is 115 Å². The molecule has 0 aromatic carbocycles. The van der Waals surface area contributed by atoms with Crippen LogP contribution < -0.4 is 0 Å². The Morgan fingerprint density at radius 2 is 1.36 bits per heavy atom. The van der Waals surface area contributed by atoms with Crippen LogP contribution in [0.25, 0.3) is 0 Å². The maximum Gasteiger partial charge on any atom is 0.335 e. The van der Waals surface area contributed by atoms with Crippen LogP contribution in [0.1, 0.15) is 120 Å². The van der Waals surface area contributed by atoms with Crippen molar-refractivity contribution in [2.45, 2.75) is 187 Å². The van der Waals surface area contributed by atoms with Crippen molar-refractivity contribution < 1.29 is 64.3 Å². The monoisotopic (exact) mass is 778 g/mol. The molecule has 2 saturated heterocycles. The first-order valence-corrected chi connectivity index (χ1v) is 20.6. The summed E-state index contributed by atoms with van der Waals surface area (Å²) in [6.45, 7) is 17.7. The van der Waals surface area contributed by atoms with Crippen LogP contribution in [0.2, 0.25) is 0 Å². The van der Waals surface area contributed by atoms with Gasteiger partial charge in [-0.3, -0.25) is 4.79 Å². The van der Waals surface area contributed by atoms with Gasteiger partial charge in [-0.05, 0) is 116 Å². The second-order valence-electron chi connectivity index (χ2n) is 20.7. The molecule has 7 rings (SSSR count). The second-order valence-corrected chi connectivity index (χ2v) is 20.7. The third-order valence-electron chi connectivity index (χ3n) is 17.2. The van der Waals surface area contributed by atoms with E-state index in [1.54, 1.807) is 0 Å². The summed E-state index contributed by atoms with van der Waals surface area (Å²) in [6, 6.07) is 0. The molecular formula is C42H66O13. The molecule has 2 aliphatic heterocycles. The average molecular weight is 779 g/mol. The summed E-state index contributed by atoms with van der Waals surface area (Å²) in [7, 11) is 0. The maximum atomic E-state index is 13.0. The van der Waals surface area contributed by atoms with Gasteiger partial charge < -0.3 is 54.7 Å². The average Bonchev–Trinajstić information content (AvgIpc) is 3.10. The highest BCUT2D eigenvalue weighted by Crippen LogP contribution is 2.76. The Balaban J connectivity index is 1.10. The Bertz CT molecular complexity index is 1550. The summed E-state index contributed by atoms with van der Waals surface area (Å²) in [5, 5.41) is 74.2. The molecule has 0 aromatic rings. The molecule has 13 heteroatoms. The van der Waals surface area contributed by atoms with Gasteiger partial charge >= 0.3 is 11.9 Å². The highest BCUT2D eigenvalue weighted by atomic mass is 16.7. The Morgan fingerprint density at radius 1 is 0.727 bits per heavy atom. The number of aliphatic hydroxyl groups excluding tert-OH is 5. The Hall–Kier alpha value is -1.68. The molecule has 18 atom stereocenters. The number of carbonyl (C=O) groups is 2. The van der Waals surface area contributed by atoms with Gasteiger partial charge in [0.25, 0.3) is 0 Å². The first-order chi connectivity index (χ1) is 25.4. The van der Waals surface area contributed by atoms with E-state index < -0.39 is 90.3 Å². The van der Waals surface area contributed by atoms with Crippen LogP contribution in [0.5, 0.6) is 0 Å². The minimum atomic E-state index is -1.81. The van der Waals surface area contributed by atoms with E-state index in [2.05, 4.69) is 54.5 Å². The molecular weight excluding hydrogens is 712 g/mol. The fraction of sp³-hybridized carbons (Fsp3) is 0.905. The zero-order valence-electron chi connectivity index (χ0n) is 33.8. The molecule has 5 aliphatic carbocycles. The van der Waals surface area contributed by atoms with Gasteiger partial charge in [-0.1, -0.05) is 60.1 Å². The van der Waals surface area contributed by atoms with Gasteiger partial charge in [-0.25, -0.2) is 4.79 Å². The standard InChI is InChI=1S/C42H66O13/c1-20-26(43)27(44)29(46)34(52-20)54-31-28(45)30(47)35(55-32(31)33(48)49)53-25-12-13-39(6)23(38(25,4)5)11-14-41(8)24(39)10-9-21-22-19-37(2,3)15-17-42(22,36(50)51)18-16-40(21,41)7/h9,20,22-32,34-35,43-47H,10-19H2,1-8H3,(H,48,49)(H,50,51)/t20-,22-,23-,24+,25-,26-,27+,28+,29+,30+,31-,32-,34-,35+,39-,40+,41+,42-/m0/s1. The van der Waals surface area contributed by atoms with E-state index in [4.69, 9.17) is 18.9 Å². The molecule has 6 fully saturated rings. The van der Waals surface area contributed by atoms with Crippen LogP contribution in [0.4, 0.5) is 0 Å². The molecule has 7 aliphatic rings. The van der Waals surface area contributed by atoms with Crippen LogP contribution >= 0.6 is 0 Å². The molecule has 0 bridgehead atoms. The van der Waals surface area contributed by atoms with Gasteiger partial charge in [0.2, 0.25) is 0 Å². The summed E-state index contributed by atoms with van der Waals surface area (Å²) in [6.07, 6.45) is -5.44. The number of fused-ring (bicyclic) bond motifs is 7. The molecule has 2 heterocycles. The van der Waals surface area contributed by atoms with E-state index >= 15 is 0 Å². The summed E-state index contributed by atoms with van der Waals surface area (Å²) < 4.78 is 23.5. The number of aliphatic carboxylic acids is 2. The number of carboxylic acids is 2. The second kappa shape index (κ2) is 13.7. The molecule has 0 spiro atoms. The topological polar surface area (TPSA) is 213 Å². The fourth-order valence-electron chi connectivity index (χ4n) is 13.6. The molecule has 7 N–H and O–H groups in total. The summed E-state index contributed by atoms with van der Waals surface area (Å²) in [5.74, 6) is -1.51. The lowest BCUT2D eigenvalue weighted by molar-refractivity contribution is -0.361. The lowest BCUT2D eigenvalue weighted by atomic mass is 9.33. The Morgan fingerprint density at radius 3 is 2.02 bits per heavy atom. The summed E-state index contributed by atoms with van der Waals surface area (Å²) in [5.41, 5.74) is 0.142. The minimum absolute atomic E-state index is 0.0313. The van der Waals surface area contributed by atoms with Crippen molar-refractivity contribution in [1.82, 2.24) is 0 Å². The minimum Gasteiger partial charge on any atom is -0.481 e. The van der Waals surface area contributed by atoms with Gasteiger partial charge in [-0.15, -0.1) is 0 Å². The predicted octanol–water partition coefficient (Wildman–Crippen LogP) is 4.00. The highest BCUT2D eigenvalue weighted by Gasteiger charge is 2.69. The highest BCUT2D eigenvalue weighted by molar-refractivity contribution is 5.76. The van der Waals surface area contributed by atoms with Gasteiger partial charge in [0, 0.05) is 0 Å². The molecule has 55 heavy (non-hydrogen) atoms. The molecule has 312 valence electrons. The Labute approximate surface area is 324 Å². The third kappa shape index (κ3) is 6.10. The van der Waals surface area contributed by atoms with E-state index in [0.717, 1.165) is 51.4 Å². The van der Waals surface area contributed by atoms with E-state index in [0.29, 0.717) is 18.8 Å². The quantitative estimate of drug-likeness (QED) is 0.150. The van der Waals surface area contributed by atoms with Crippen molar-refractivity contribution in [2.24, 2.45) is 50.2 Å². The SMILES string of the molecule is C[C@@H]1O[C@@H](O[C@H]2[C@H](O)[C@@H](O)[C@H](O[C@H]3CC[C@]4(C)[C@H]5CC=C6[C@@H]7CC(C)(C)CC[C@]7(C(=O)O)CC[C@@]6(C)[C@]5(C)CC[C@H]4C3(C)C)O[C@@H]2C(=O)O)[C@H](O)[C@H](O)[C@H]1O. The molecule has 4 saturated carbocycles. The number of rotatable bonds is 6. The van der Waals surface area contributed by atoms with E-state index in [1.165, 1.54) is 12.5 Å². The molecule has 0 unspecified atom stereocenters. The van der Waals surface area contributed by atoms with Crippen molar-refractivity contribution in [2.75, 3.05) is 0 Å². The molecule has 0 aromatic heterocycles. The lowest BCUT2D eigenvalue weighted by Gasteiger charge is -2.71. The largest absolute Gasteiger partial charge is 0.481 e. The first-order valence-electron chi connectivity index (χ1n) is 20.6. The smallest absolute Gasteiger partial charge is 0.335 e. The zero-order valence-corrected chi connectivity index (χ0v) is 33.8. The van der Waals surface area contributed by atoms with Crippen molar-refractivity contribution >= 4 is 11.9 Å². The van der Waals surface area contributed by atoms with Gasteiger partial charge in [0.05, 0.1) is 17.6 Å². The van der Waals surface area contributed by atoms with E-state index in [-0.39, 0.29) is 33.5 Å². The maximum absolute atomic E-state index is 13.0. The van der Waals surface area contributed by atoms with Gasteiger partial charge in [0.1, 0.15) is 36.6 Å². The van der Waals surface area contributed by atoms with Gasteiger partial charge in [-0.2, -0.15) is 0 Å². The van der Waals surface area contributed by atoms with Crippen LogP contribution in [0.3, 0.4) is 0 Å². The lowest BCUT2D eigenvalue weighted by Crippen LogP contribution is -2.67. The van der Waals surface area contributed by atoms with E-state index in [1.807, 2.05) is 0 Å². The van der Waals surface area contributed by atoms with Crippen molar-refractivity contribution in [3.05, 3.63) is 11.6 Å². The van der Waals surface area contributed by atoms with Crippen molar-refractivity contribution in [1.29, 1.82) is 0 Å². The Kier molecular flexibility index (Phi) is 10.3. The summed E-state index contributed by atoms with van der Waals surface area (Å²) >= 11 is 0. The van der Waals surface area contributed by atoms with Crippen LogP contribution in [0.15, 0.2) is 11.6 Å². The van der Waals surface area contributed by atoms with Crippen LogP contribution in [-0.2, 0) is 28.5 Å². The number of ether oxygens (including phenoxy) is 4. The van der Waals surface area contributed by atoms with Crippen LogP contribution in [0, 0.1) is 50.2 Å².